The molecular weight excluding hydrogens is 272 g/mol. The largest absolute Gasteiger partial charge is 0.478 e. The standard InChI is InChI=1S/C15H24N2O2S/c1-4-7-12-13(8-9-15(18)19)20-14(16-12)10-11-17(5-2)6-3/h8-9H,4-7,10-11H2,1-3H3,(H,18,19)/b9-8+. The predicted molar refractivity (Wildman–Crippen MR) is 84.3 cm³/mol. The Morgan fingerprint density at radius 1 is 1.30 bits per heavy atom. The fourth-order valence-corrected chi connectivity index (χ4v) is 3.01. The van der Waals surface area contributed by atoms with Crippen molar-refractivity contribution in [2.75, 3.05) is 19.6 Å². The SMILES string of the molecule is CCCc1nc(CCN(CC)CC)sc1/C=C/C(=O)O. The summed E-state index contributed by atoms with van der Waals surface area (Å²) in [6.45, 7) is 9.54. The van der Waals surface area contributed by atoms with Gasteiger partial charge >= 0.3 is 5.97 Å². The Kier molecular flexibility index (Phi) is 7.47. The third-order valence-corrected chi connectivity index (χ3v) is 4.29. The van der Waals surface area contributed by atoms with Gasteiger partial charge in [0, 0.05) is 19.0 Å². The fraction of sp³-hybridized carbons (Fsp3) is 0.600. The molecule has 0 atom stereocenters. The number of likely N-dealkylation sites (N-methyl/N-ethyl adjacent to an activating group) is 1. The third kappa shape index (κ3) is 5.43. The van der Waals surface area contributed by atoms with Crippen molar-refractivity contribution in [1.29, 1.82) is 0 Å². The number of hydrogen-bond donors (Lipinski definition) is 1. The van der Waals surface area contributed by atoms with E-state index in [-0.39, 0.29) is 0 Å². The first-order valence-corrected chi connectivity index (χ1v) is 8.04. The van der Waals surface area contributed by atoms with Gasteiger partial charge in [-0.05, 0) is 25.6 Å². The number of nitrogens with zero attached hydrogens (tertiary/aromatic N) is 2. The summed E-state index contributed by atoms with van der Waals surface area (Å²) in [5, 5.41) is 9.84. The van der Waals surface area contributed by atoms with E-state index in [9.17, 15) is 4.79 Å². The van der Waals surface area contributed by atoms with Crippen molar-refractivity contribution in [3.8, 4) is 0 Å². The molecule has 5 heteroatoms. The average molecular weight is 296 g/mol. The maximum Gasteiger partial charge on any atom is 0.328 e. The highest BCUT2D eigenvalue weighted by Gasteiger charge is 2.10. The normalized spacial score (nSPS) is 11.6. The Bertz CT molecular complexity index is 451. The molecule has 0 amide bonds. The number of rotatable bonds is 9. The second-order valence-electron chi connectivity index (χ2n) is 4.62. The molecule has 0 bridgehead atoms. The summed E-state index contributed by atoms with van der Waals surface area (Å²) in [5.41, 5.74) is 1.03. The lowest BCUT2D eigenvalue weighted by molar-refractivity contribution is -0.131. The molecule has 1 N–H and O–H groups in total. The summed E-state index contributed by atoms with van der Waals surface area (Å²) in [6.07, 6.45) is 5.73. The van der Waals surface area contributed by atoms with Crippen LogP contribution in [0.3, 0.4) is 0 Å². The van der Waals surface area contributed by atoms with E-state index in [0.717, 1.165) is 54.5 Å². The van der Waals surface area contributed by atoms with Gasteiger partial charge in [-0.1, -0.05) is 27.2 Å². The number of hydrogen-bond acceptors (Lipinski definition) is 4. The van der Waals surface area contributed by atoms with Crippen LogP contribution in [0.4, 0.5) is 0 Å². The van der Waals surface area contributed by atoms with E-state index >= 15 is 0 Å². The van der Waals surface area contributed by atoms with Crippen molar-refractivity contribution in [1.82, 2.24) is 9.88 Å². The Labute approximate surface area is 125 Å². The topological polar surface area (TPSA) is 53.4 Å². The summed E-state index contributed by atoms with van der Waals surface area (Å²) in [7, 11) is 0. The van der Waals surface area contributed by atoms with E-state index < -0.39 is 5.97 Å². The highest BCUT2D eigenvalue weighted by molar-refractivity contribution is 7.12. The van der Waals surface area contributed by atoms with Crippen LogP contribution in [0.1, 0.15) is 42.8 Å². The van der Waals surface area contributed by atoms with Gasteiger partial charge in [0.05, 0.1) is 15.6 Å². The van der Waals surface area contributed by atoms with Gasteiger partial charge in [-0.15, -0.1) is 11.3 Å². The molecule has 0 fully saturated rings. The summed E-state index contributed by atoms with van der Waals surface area (Å²) in [5.74, 6) is -0.912. The average Bonchev–Trinajstić information content (AvgIpc) is 2.80. The highest BCUT2D eigenvalue weighted by Crippen LogP contribution is 2.22. The molecule has 0 unspecified atom stereocenters. The highest BCUT2D eigenvalue weighted by atomic mass is 32.1. The molecule has 1 rings (SSSR count). The summed E-state index contributed by atoms with van der Waals surface area (Å²) >= 11 is 1.62. The van der Waals surface area contributed by atoms with E-state index in [0.29, 0.717) is 0 Å². The molecule has 0 aliphatic heterocycles. The van der Waals surface area contributed by atoms with Crippen molar-refractivity contribution >= 4 is 23.4 Å². The van der Waals surface area contributed by atoms with Crippen LogP contribution in [0.25, 0.3) is 6.08 Å². The van der Waals surface area contributed by atoms with Gasteiger partial charge in [-0.3, -0.25) is 0 Å². The van der Waals surface area contributed by atoms with Gasteiger partial charge in [-0.2, -0.15) is 0 Å². The number of carbonyl (C=O) groups is 1. The summed E-state index contributed by atoms with van der Waals surface area (Å²) < 4.78 is 0. The molecule has 0 saturated carbocycles. The van der Waals surface area contributed by atoms with Crippen LogP contribution in [-0.4, -0.2) is 40.6 Å². The number of carboxylic acid groups (broad SMARTS) is 1. The van der Waals surface area contributed by atoms with Crippen LogP contribution in [-0.2, 0) is 17.6 Å². The molecule has 112 valence electrons. The lowest BCUT2D eigenvalue weighted by Gasteiger charge is -2.16. The lowest BCUT2D eigenvalue weighted by Crippen LogP contribution is -2.25. The Balaban J connectivity index is 2.77. The molecule has 0 aliphatic rings. The van der Waals surface area contributed by atoms with E-state index in [1.54, 1.807) is 17.4 Å². The fourth-order valence-electron chi connectivity index (χ4n) is 2.01. The number of carboxylic acids is 1. The molecular formula is C15H24N2O2S. The van der Waals surface area contributed by atoms with Gasteiger partial charge < -0.3 is 10.0 Å². The van der Waals surface area contributed by atoms with Crippen molar-refractivity contribution in [3.63, 3.8) is 0 Å². The van der Waals surface area contributed by atoms with E-state index in [1.165, 1.54) is 6.08 Å². The van der Waals surface area contributed by atoms with Crippen LogP contribution >= 0.6 is 11.3 Å². The number of aromatic nitrogens is 1. The minimum atomic E-state index is -0.912. The quantitative estimate of drug-likeness (QED) is 0.712. The second-order valence-corrected chi connectivity index (χ2v) is 5.73. The van der Waals surface area contributed by atoms with Crippen LogP contribution in [0.15, 0.2) is 6.08 Å². The first kappa shape index (κ1) is 16.9. The minimum absolute atomic E-state index is 0.904. The smallest absolute Gasteiger partial charge is 0.328 e. The Hall–Kier alpha value is -1.20. The first-order chi connectivity index (χ1) is 9.60. The van der Waals surface area contributed by atoms with Gasteiger partial charge in [0.2, 0.25) is 0 Å². The maximum absolute atomic E-state index is 10.6. The Morgan fingerprint density at radius 3 is 2.55 bits per heavy atom. The lowest BCUT2D eigenvalue weighted by atomic mass is 10.2. The Morgan fingerprint density at radius 2 is 2.00 bits per heavy atom. The number of aliphatic carboxylic acids is 1. The van der Waals surface area contributed by atoms with E-state index in [2.05, 4.69) is 30.7 Å². The summed E-state index contributed by atoms with van der Waals surface area (Å²) in [4.78, 5) is 18.7. The summed E-state index contributed by atoms with van der Waals surface area (Å²) in [6, 6.07) is 0. The van der Waals surface area contributed by atoms with Crippen LogP contribution < -0.4 is 0 Å². The molecule has 20 heavy (non-hydrogen) atoms. The zero-order valence-electron chi connectivity index (χ0n) is 12.6. The number of aryl methyl sites for hydroxylation is 1. The molecule has 0 aliphatic carbocycles. The second kappa shape index (κ2) is 8.87. The monoisotopic (exact) mass is 296 g/mol. The molecule has 0 radical (unpaired) electrons. The zero-order chi connectivity index (χ0) is 15.0. The third-order valence-electron chi connectivity index (χ3n) is 3.17. The zero-order valence-corrected chi connectivity index (χ0v) is 13.4. The molecule has 4 nitrogen and oxygen atoms in total. The van der Waals surface area contributed by atoms with Gasteiger partial charge in [0.25, 0.3) is 0 Å². The van der Waals surface area contributed by atoms with Crippen LogP contribution in [0.2, 0.25) is 0 Å². The number of thiazole rings is 1. The van der Waals surface area contributed by atoms with Crippen molar-refractivity contribution in [3.05, 3.63) is 21.7 Å². The molecule has 0 saturated heterocycles. The van der Waals surface area contributed by atoms with Crippen molar-refractivity contribution in [2.24, 2.45) is 0 Å². The van der Waals surface area contributed by atoms with Gasteiger partial charge in [0.15, 0.2) is 0 Å². The van der Waals surface area contributed by atoms with Crippen LogP contribution in [0.5, 0.6) is 0 Å². The van der Waals surface area contributed by atoms with Crippen molar-refractivity contribution in [2.45, 2.75) is 40.0 Å². The predicted octanol–water partition coefficient (Wildman–Crippen LogP) is 3.08. The van der Waals surface area contributed by atoms with Crippen molar-refractivity contribution < 1.29 is 9.90 Å². The molecule has 0 spiro atoms. The van der Waals surface area contributed by atoms with E-state index in [1.807, 2.05) is 0 Å². The molecule has 0 aromatic carbocycles. The van der Waals surface area contributed by atoms with Gasteiger partial charge in [-0.25, -0.2) is 9.78 Å². The molecule has 1 aromatic rings. The molecule has 1 heterocycles. The van der Waals surface area contributed by atoms with E-state index in [4.69, 9.17) is 5.11 Å². The van der Waals surface area contributed by atoms with Gasteiger partial charge in [0.1, 0.15) is 0 Å². The minimum Gasteiger partial charge on any atom is -0.478 e. The first-order valence-electron chi connectivity index (χ1n) is 7.22. The maximum atomic E-state index is 10.6. The molecule has 1 aromatic heterocycles. The van der Waals surface area contributed by atoms with Crippen LogP contribution in [0, 0.1) is 0 Å².